The summed E-state index contributed by atoms with van der Waals surface area (Å²) in [7, 11) is 0. The molecule has 0 atom stereocenters. The summed E-state index contributed by atoms with van der Waals surface area (Å²) in [6, 6.07) is 22.9. The lowest BCUT2D eigenvalue weighted by molar-refractivity contribution is 0.0915. The first-order chi connectivity index (χ1) is 14.7. The highest BCUT2D eigenvalue weighted by atomic mass is 19.1. The second-order valence-corrected chi connectivity index (χ2v) is 7.90. The Morgan fingerprint density at radius 2 is 1.70 bits per heavy atom. The minimum atomic E-state index is -0.218. The molecule has 5 rings (SSSR count). The maximum Gasteiger partial charge on any atom is 0.235 e. The van der Waals surface area contributed by atoms with Gasteiger partial charge >= 0.3 is 0 Å². The van der Waals surface area contributed by atoms with Gasteiger partial charge in [-0.15, -0.1) is 0 Å². The highest BCUT2D eigenvalue weighted by Gasteiger charge is 2.23. The van der Waals surface area contributed by atoms with Gasteiger partial charge in [0, 0.05) is 17.6 Å². The molecule has 0 saturated carbocycles. The molecule has 0 aliphatic carbocycles. The monoisotopic (exact) mass is 398 g/mol. The number of nitrogens with zero attached hydrogens (tertiary/aromatic N) is 1. The van der Waals surface area contributed by atoms with Gasteiger partial charge in [0.2, 0.25) is 5.91 Å². The molecule has 0 spiro atoms. The molecule has 30 heavy (non-hydrogen) atoms. The third-order valence-electron chi connectivity index (χ3n) is 5.86. The number of hydrogen-bond acceptors (Lipinski definition) is 2. The van der Waals surface area contributed by atoms with Crippen LogP contribution in [0.15, 0.2) is 72.8 Å². The number of nitrogens with one attached hydrogen (secondary N) is 1. The molecule has 1 N–H and O–H groups in total. The van der Waals surface area contributed by atoms with Crippen molar-refractivity contribution >= 4 is 16.8 Å². The fraction of sp³-hybridized carbons (Fsp3) is 0.192. The van der Waals surface area contributed by atoms with Crippen LogP contribution in [0.5, 0.6) is 0 Å². The normalized spacial score (nSPS) is 13.4. The Labute approximate surface area is 175 Å². The zero-order valence-corrected chi connectivity index (χ0v) is 16.7. The molecule has 0 bridgehead atoms. The van der Waals surface area contributed by atoms with Crippen molar-refractivity contribution in [2.75, 3.05) is 6.54 Å². The molecule has 0 fully saturated rings. The van der Waals surface area contributed by atoms with Gasteiger partial charge in [0.05, 0.1) is 11.9 Å². The lowest BCUT2D eigenvalue weighted by atomic mass is 10.00. The van der Waals surface area contributed by atoms with Crippen LogP contribution in [0.3, 0.4) is 0 Å². The van der Waals surface area contributed by atoms with E-state index in [1.54, 1.807) is 0 Å². The van der Waals surface area contributed by atoms with Gasteiger partial charge in [-0.1, -0.05) is 48.5 Å². The topological polar surface area (TPSA) is 34.0 Å². The Morgan fingerprint density at radius 1 is 0.933 bits per heavy atom. The lowest BCUT2D eigenvalue weighted by Gasteiger charge is -2.16. The maximum absolute atomic E-state index is 13.3. The van der Waals surface area contributed by atoms with Gasteiger partial charge in [-0.3, -0.25) is 9.36 Å². The van der Waals surface area contributed by atoms with Gasteiger partial charge in [0.25, 0.3) is 0 Å². The van der Waals surface area contributed by atoms with Crippen molar-refractivity contribution < 1.29 is 9.18 Å². The van der Waals surface area contributed by atoms with E-state index in [2.05, 4.69) is 23.5 Å². The van der Waals surface area contributed by atoms with Crippen LogP contribution in [-0.4, -0.2) is 17.0 Å². The molecular weight excluding hydrogens is 375 g/mol. The van der Waals surface area contributed by atoms with Crippen molar-refractivity contribution in [1.29, 1.82) is 0 Å². The lowest BCUT2D eigenvalue weighted by Crippen LogP contribution is -2.27. The first-order valence-electron chi connectivity index (χ1n) is 10.4. The quantitative estimate of drug-likeness (QED) is 0.531. The first kappa shape index (κ1) is 18.8. The van der Waals surface area contributed by atoms with Crippen molar-refractivity contribution in [2.24, 2.45) is 0 Å². The number of carbonyl (C=O) groups excluding carboxylic acids is 1. The van der Waals surface area contributed by atoms with E-state index in [1.165, 1.54) is 23.3 Å². The number of hydrogen-bond donors (Lipinski definition) is 1. The fourth-order valence-electron chi connectivity index (χ4n) is 4.42. The number of benzene rings is 3. The Hall–Kier alpha value is -3.24. The molecule has 1 aliphatic rings. The average Bonchev–Trinajstić information content (AvgIpc) is 3.10. The van der Waals surface area contributed by atoms with E-state index in [-0.39, 0.29) is 11.7 Å². The minimum Gasteiger partial charge on any atom is -0.311 e. The van der Waals surface area contributed by atoms with E-state index in [1.807, 2.05) is 47.0 Å². The van der Waals surface area contributed by atoms with Gasteiger partial charge in [0.15, 0.2) is 0 Å². The van der Waals surface area contributed by atoms with E-state index in [9.17, 15) is 9.18 Å². The summed E-state index contributed by atoms with van der Waals surface area (Å²) in [5, 5.41) is 4.57. The average molecular weight is 398 g/mol. The highest BCUT2D eigenvalue weighted by Crippen LogP contribution is 2.30. The Kier molecular flexibility index (Phi) is 4.93. The molecule has 0 saturated heterocycles. The first-order valence-corrected chi connectivity index (χ1v) is 10.4. The Morgan fingerprint density at radius 3 is 2.50 bits per heavy atom. The maximum atomic E-state index is 13.3. The molecule has 2 heterocycles. The van der Waals surface area contributed by atoms with Crippen molar-refractivity contribution in [2.45, 2.75) is 25.8 Å². The van der Waals surface area contributed by atoms with Crippen LogP contribution in [0, 0.1) is 5.82 Å². The van der Waals surface area contributed by atoms with Gasteiger partial charge in [0.1, 0.15) is 5.82 Å². The predicted octanol–water partition coefficient (Wildman–Crippen LogP) is 4.90. The van der Waals surface area contributed by atoms with Crippen LogP contribution < -0.4 is 5.32 Å². The van der Waals surface area contributed by atoms with Crippen molar-refractivity contribution in [3.05, 3.63) is 107 Å². The van der Waals surface area contributed by atoms with Crippen LogP contribution in [0.1, 0.15) is 32.7 Å². The number of fused-ring (bicyclic) bond motifs is 3. The zero-order chi connectivity index (χ0) is 20.5. The van der Waals surface area contributed by atoms with E-state index in [0.717, 1.165) is 47.1 Å². The van der Waals surface area contributed by atoms with Gasteiger partial charge in [-0.2, -0.15) is 0 Å². The largest absolute Gasteiger partial charge is 0.311 e. The summed E-state index contributed by atoms with van der Waals surface area (Å²) in [6.07, 6.45) is 2.04. The van der Waals surface area contributed by atoms with Crippen molar-refractivity contribution in [3.63, 3.8) is 0 Å². The molecule has 0 unspecified atom stereocenters. The summed E-state index contributed by atoms with van der Waals surface area (Å²) >= 11 is 0. The highest BCUT2D eigenvalue weighted by molar-refractivity contribution is 5.97. The molecular formula is C26H23FN2O. The summed E-state index contributed by atoms with van der Waals surface area (Å²) in [4.78, 5) is 13.3. The summed E-state index contributed by atoms with van der Waals surface area (Å²) in [6.45, 7) is 1.62. The smallest absolute Gasteiger partial charge is 0.235 e. The zero-order valence-electron chi connectivity index (χ0n) is 16.7. The second kappa shape index (κ2) is 7.88. The van der Waals surface area contributed by atoms with E-state index in [0.29, 0.717) is 13.0 Å². The third kappa shape index (κ3) is 3.55. The number of halogens is 1. The second-order valence-electron chi connectivity index (χ2n) is 7.90. The standard InChI is InChI=1S/C26H23FN2O/c27-21-9-6-19(7-10-21)14-20-8-11-24-23(15-20)22-12-13-28-17-25(22)29(24)26(30)16-18-4-2-1-3-5-18/h1-11,15,28H,12-14,16-17H2. The molecule has 3 nitrogen and oxygen atoms in total. The molecule has 1 aromatic heterocycles. The Balaban J connectivity index is 1.54. The van der Waals surface area contributed by atoms with Crippen LogP contribution in [-0.2, 0) is 25.8 Å². The SMILES string of the molecule is O=C(Cc1ccccc1)n1c2c(c3cc(Cc4ccc(F)cc4)ccc31)CCNC2. The van der Waals surface area contributed by atoms with E-state index >= 15 is 0 Å². The van der Waals surface area contributed by atoms with Gasteiger partial charge < -0.3 is 5.32 Å². The molecule has 3 aromatic carbocycles. The van der Waals surface area contributed by atoms with Gasteiger partial charge in [-0.25, -0.2) is 4.39 Å². The Bertz CT molecular complexity index is 1210. The van der Waals surface area contributed by atoms with Crippen LogP contribution in [0.4, 0.5) is 4.39 Å². The molecule has 4 heteroatoms. The predicted molar refractivity (Wildman–Crippen MR) is 117 cm³/mol. The summed E-state index contributed by atoms with van der Waals surface area (Å²) in [5.41, 5.74) is 6.60. The van der Waals surface area contributed by atoms with E-state index < -0.39 is 0 Å². The molecule has 1 aliphatic heterocycles. The van der Waals surface area contributed by atoms with Crippen LogP contribution in [0.25, 0.3) is 10.9 Å². The fourth-order valence-corrected chi connectivity index (χ4v) is 4.42. The number of aromatic nitrogens is 1. The third-order valence-corrected chi connectivity index (χ3v) is 5.86. The summed E-state index contributed by atoms with van der Waals surface area (Å²) in [5.74, 6) is -0.118. The molecule has 0 amide bonds. The van der Waals surface area contributed by atoms with Crippen LogP contribution >= 0.6 is 0 Å². The van der Waals surface area contributed by atoms with Crippen molar-refractivity contribution in [1.82, 2.24) is 9.88 Å². The number of carbonyl (C=O) groups is 1. The van der Waals surface area contributed by atoms with Gasteiger partial charge in [-0.05, 0) is 65.9 Å². The number of rotatable bonds is 4. The molecule has 4 aromatic rings. The van der Waals surface area contributed by atoms with E-state index in [4.69, 9.17) is 0 Å². The van der Waals surface area contributed by atoms with Crippen LogP contribution in [0.2, 0.25) is 0 Å². The summed E-state index contributed by atoms with van der Waals surface area (Å²) < 4.78 is 15.1. The van der Waals surface area contributed by atoms with Crippen molar-refractivity contribution in [3.8, 4) is 0 Å². The molecule has 0 radical (unpaired) electrons. The molecule has 150 valence electrons. The minimum absolute atomic E-state index is 0.0995.